The number of hydrogen-bond acceptors (Lipinski definition) is 6. The van der Waals surface area contributed by atoms with Gasteiger partial charge in [-0.1, -0.05) is 11.8 Å². The van der Waals surface area contributed by atoms with E-state index in [0.29, 0.717) is 13.2 Å². The van der Waals surface area contributed by atoms with E-state index in [-0.39, 0.29) is 11.7 Å². The topological polar surface area (TPSA) is 81.7 Å². The Kier molecular flexibility index (Phi) is 5.81. The van der Waals surface area contributed by atoms with Crippen LogP contribution in [-0.4, -0.2) is 32.9 Å². The Balaban J connectivity index is 1.45. The number of thioether (sulfide) groups is 1. The van der Waals surface area contributed by atoms with Crippen molar-refractivity contribution >= 4 is 23.2 Å². The molecule has 1 N–H and O–H groups in total. The Bertz CT molecular complexity index is 1090. The Labute approximate surface area is 172 Å². The van der Waals surface area contributed by atoms with Crippen LogP contribution in [0, 0.1) is 0 Å². The van der Waals surface area contributed by atoms with Crippen LogP contribution in [0.5, 0.6) is 5.75 Å². The second-order valence-electron chi connectivity index (χ2n) is 6.19. The standard InChI is InChI=1S/C21H20N4O3S/c1-2-27-16-7-5-15(6-8-16)18-12-19-21(22-9-10-25(19)24-18)29-14-20(26)23-13-17-4-3-11-28-17/h3-12H,2,13-14H2,1H3,(H,23,26). The van der Waals surface area contributed by atoms with E-state index in [1.54, 1.807) is 29.2 Å². The number of nitrogens with zero attached hydrogens (tertiary/aromatic N) is 3. The molecule has 0 fully saturated rings. The molecule has 0 bridgehead atoms. The van der Waals surface area contributed by atoms with Crippen LogP contribution in [0.3, 0.4) is 0 Å². The zero-order valence-electron chi connectivity index (χ0n) is 15.9. The molecule has 8 heteroatoms. The van der Waals surface area contributed by atoms with Crippen LogP contribution >= 0.6 is 11.8 Å². The molecule has 0 unspecified atom stereocenters. The molecule has 1 amide bonds. The summed E-state index contributed by atoms with van der Waals surface area (Å²) in [5, 5.41) is 8.22. The minimum Gasteiger partial charge on any atom is -0.494 e. The predicted octanol–water partition coefficient (Wildman–Crippen LogP) is 3.80. The smallest absolute Gasteiger partial charge is 0.230 e. The maximum atomic E-state index is 12.1. The summed E-state index contributed by atoms with van der Waals surface area (Å²) in [4.78, 5) is 16.5. The van der Waals surface area contributed by atoms with Gasteiger partial charge in [0.25, 0.3) is 0 Å². The van der Waals surface area contributed by atoms with Crippen LogP contribution in [0.25, 0.3) is 16.8 Å². The summed E-state index contributed by atoms with van der Waals surface area (Å²) in [5.41, 5.74) is 2.69. The Morgan fingerprint density at radius 2 is 2.14 bits per heavy atom. The van der Waals surface area contributed by atoms with Gasteiger partial charge in [0.2, 0.25) is 5.91 Å². The van der Waals surface area contributed by atoms with Gasteiger partial charge in [-0.3, -0.25) is 4.79 Å². The number of benzene rings is 1. The van der Waals surface area contributed by atoms with Crippen molar-refractivity contribution in [3.05, 3.63) is 66.9 Å². The quantitative estimate of drug-likeness (QED) is 0.447. The Hall–Kier alpha value is -3.26. The van der Waals surface area contributed by atoms with E-state index in [4.69, 9.17) is 9.15 Å². The van der Waals surface area contributed by atoms with Gasteiger partial charge in [-0.25, -0.2) is 9.50 Å². The highest BCUT2D eigenvalue weighted by Crippen LogP contribution is 2.27. The van der Waals surface area contributed by atoms with E-state index in [1.165, 1.54) is 11.8 Å². The SMILES string of the molecule is CCOc1ccc(-c2cc3c(SCC(=O)NCc4ccco4)nccn3n2)cc1. The minimum atomic E-state index is -0.0820. The summed E-state index contributed by atoms with van der Waals surface area (Å²) in [7, 11) is 0. The number of ether oxygens (including phenoxy) is 1. The molecule has 0 aliphatic rings. The first-order valence-corrected chi connectivity index (χ1v) is 10.2. The summed E-state index contributed by atoms with van der Waals surface area (Å²) in [6.07, 6.45) is 5.07. The second kappa shape index (κ2) is 8.83. The van der Waals surface area contributed by atoms with Crippen molar-refractivity contribution in [1.82, 2.24) is 19.9 Å². The molecule has 0 radical (unpaired) electrons. The van der Waals surface area contributed by atoms with Gasteiger partial charge in [0.05, 0.1) is 36.4 Å². The van der Waals surface area contributed by atoms with Crippen molar-refractivity contribution in [2.75, 3.05) is 12.4 Å². The molecule has 29 heavy (non-hydrogen) atoms. The van der Waals surface area contributed by atoms with Gasteiger partial charge in [0.15, 0.2) is 0 Å². The number of fused-ring (bicyclic) bond motifs is 1. The molecule has 0 aliphatic heterocycles. The molecular weight excluding hydrogens is 388 g/mol. The third kappa shape index (κ3) is 4.60. The maximum Gasteiger partial charge on any atom is 0.230 e. The first-order valence-electron chi connectivity index (χ1n) is 9.22. The van der Waals surface area contributed by atoms with E-state index in [2.05, 4.69) is 15.4 Å². The third-order valence-electron chi connectivity index (χ3n) is 4.20. The summed E-state index contributed by atoms with van der Waals surface area (Å²) >= 11 is 1.38. The highest BCUT2D eigenvalue weighted by molar-refractivity contribution is 8.00. The largest absolute Gasteiger partial charge is 0.494 e. The fourth-order valence-corrected chi connectivity index (χ4v) is 3.63. The molecule has 0 aliphatic carbocycles. The number of hydrogen-bond donors (Lipinski definition) is 1. The Morgan fingerprint density at radius 3 is 2.90 bits per heavy atom. The summed E-state index contributed by atoms with van der Waals surface area (Å²) in [6, 6.07) is 13.4. The highest BCUT2D eigenvalue weighted by atomic mass is 32.2. The molecule has 3 heterocycles. The number of rotatable bonds is 8. The van der Waals surface area contributed by atoms with Gasteiger partial charge in [0, 0.05) is 18.0 Å². The van der Waals surface area contributed by atoms with Crippen LogP contribution in [0.1, 0.15) is 12.7 Å². The molecule has 0 saturated carbocycles. The number of amides is 1. The molecule has 0 atom stereocenters. The van der Waals surface area contributed by atoms with Crippen molar-refractivity contribution < 1.29 is 13.9 Å². The molecular formula is C21H20N4O3S. The molecule has 1 aromatic carbocycles. The fourth-order valence-electron chi connectivity index (χ4n) is 2.82. The molecule has 4 rings (SSSR count). The molecule has 7 nitrogen and oxygen atoms in total. The summed E-state index contributed by atoms with van der Waals surface area (Å²) < 4.78 is 12.5. The number of aromatic nitrogens is 3. The summed E-state index contributed by atoms with van der Waals surface area (Å²) in [5.74, 6) is 1.73. The first-order chi connectivity index (χ1) is 14.2. The lowest BCUT2D eigenvalue weighted by Gasteiger charge is -2.04. The number of nitrogens with one attached hydrogen (secondary N) is 1. The van der Waals surface area contributed by atoms with E-state index in [0.717, 1.165) is 33.3 Å². The highest BCUT2D eigenvalue weighted by Gasteiger charge is 2.12. The monoisotopic (exact) mass is 408 g/mol. The lowest BCUT2D eigenvalue weighted by molar-refractivity contribution is -0.118. The van der Waals surface area contributed by atoms with Crippen molar-refractivity contribution in [3.8, 4) is 17.0 Å². The number of carbonyl (C=O) groups is 1. The van der Waals surface area contributed by atoms with Gasteiger partial charge in [0.1, 0.15) is 16.5 Å². The van der Waals surface area contributed by atoms with Gasteiger partial charge in [-0.05, 0) is 49.4 Å². The van der Waals surface area contributed by atoms with Crippen LogP contribution in [0.15, 0.2) is 70.6 Å². The molecule has 4 aromatic rings. The zero-order valence-corrected chi connectivity index (χ0v) is 16.7. The van der Waals surface area contributed by atoms with E-state index < -0.39 is 0 Å². The lowest BCUT2D eigenvalue weighted by Crippen LogP contribution is -2.24. The molecule has 148 valence electrons. The van der Waals surface area contributed by atoms with Crippen molar-refractivity contribution in [2.24, 2.45) is 0 Å². The van der Waals surface area contributed by atoms with E-state index in [1.807, 2.05) is 43.3 Å². The second-order valence-corrected chi connectivity index (χ2v) is 7.16. The first kappa shape index (κ1) is 19.1. The molecule has 0 spiro atoms. The van der Waals surface area contributed by atoms with Crippen LogP contribution in [0.4, 0.5) is 0 Å². The normalized spacial score (nSPS) is 10.9. The maximum absolute atomic E-state index is 12.1. The minimum absolute atomic E-state index is 0.0820. The molecule has 3 aromatic heterocycles. The fraction of sp³-hybridized carbons (Fsp3) is 0.190. The van der Waals surface area contributed by atoms with Gasteiger partial charge in [-0.2, -0.15) is 5.10 Å². The lowest BCUT2D eigenvalue weighted by atomic mass is 10.1. The van der Waals surface area contributed by atoms with Gasteiger partial charge < -0.3 is 14.5 Å². The average Bonchev–Trinajstić information content (AvgIpc) is 3.41. The third-order valence-corrected chi connectivity index (χ3v) is 5.19. The van der Waals surface area contributed by atoms with Gasteiger partial charge >= 0.3 is 0 Å². The number of furan rings is 1. The molecule has 0 saturated heterocycles. The number of carbonyl (C=O) groups excluding carboxylic acids is 1. The van der Waals surface area contributed by atoms with E-state index >= 15 is 0 Å². The Morgan fingerprint density at radius 1 is 1.28 bits per heavy atom. The van der Waals surface area contributed by atoms with Crippen LogP contribution in [0.2, 0.25) is 0 Å². The predicted molar refractivity (Wildman–Crippen MR) is 111 cm³/mol. The summed E-state index contributed by atoms with van der Waals surface area (Å²) in [6.45, 7) is 2.97. The van der Waals surface area contributed by atoms with Gasteiger partial charge in [-0.15, -0.1) is 0 Å². The van der Waals surface area contributed by atoms with Crippen molar-refractivity contribution in [1.29, 1.82) is 0 Å². The van der Waals surface area contributed by atoms with E-state index in [9.17, 15) is 4.79 Å². The van der Waals surface area contributed by atoms with Crippen molar-refractivity contribution in [2.45, 2.75) is 18.5 Å². The zero-order chi connectivity index (χ0) is 20.1. The van der Waals surface area contributed by atoms with Crippen molar-refractivity contribution in [3.63, 3.8) is 0 Å². The van der Waals surface area contributed by atoms with Crippen LogP contribution < -0.4 is 10.1 Å². The average molecular weight is 408 g/mol. The van der Waals surface area contributed by atoms with Crippen LogP contribution in [-0.2, 0) is 11.3 Å².